The first kappa shape index (κ1) is 8.60. The minimum absolute atomic E-state index is 0.583. The molecule has 0 aromatic rings. The zero-order valence-corrected chi connectivity index (χ0v) is 10.3. The summed E-state index contributed by atoms with van der Waals surface area (Å²) in [4.78, 5) is 0. The summed E-state index contributed by atoms with van der Waals surface area (Å²) in [7, 11) is 0. The van der Waals surface area contributed by atoms with Gasteiger partial charge in [0.2, 0.25) is 0 Å². The molecule has 8 heavy (non-hydrogen) atoms. The molecule has 0 radical (unpaired) electrons. The third-order valence-corrected chi connectivity index (χ3v) is 2.80. The molecule has 0 saturated heterocycles. The van der Waals surface area contributed by atoms with Gasteiger partial charge in [-0.15, -0.1) is 0 Å². The van der Waals surface area contributed by atoms with Gasteiger partial charge < -0.3 is 0 Å². The van der Waals surface area contributed by atoms with Crippen molar-refractivity contribution in [1.29, 1.82) is 0 Å². The molecule has 0 aromatic heterocycles. The molecule has 0 heterocycles. The van der Waals surface area contributed by atoms with Gasteiger partial charge in [0, 0.05) is 0 Å². The van der Waals surface area contributed by atoms with Crippen molar-refractivity contribution in [1.82, 2.24) is 0 Å². The van der Waals surface area contributed by atoms with Crippen LogP contribution in [0.4, 0.5) is 0 Å². The van der Waals surface area contributed by atoms with Crippen molar-refractivity contribution >= 4 is 19.0 Å². The Morgan fingerprint density at radius 2 is 2.12 bits per heavy atom. The van der Waals surface area contributed by atoms with Gasteiger partial charge in [0.15, 0.2) is 0 Å². The normalized spacial score (nSPS) is 13.8. The molecule has 48 valence electrons. The Balaban J connectivity index is 3.07. The van der Waals surface area contributed by atoms with Gasteiger partial charge in [-0.3, -0.25) is 0 Å². The second-order valence-corrected chi connectivity index (χ2v) is 3.04. The molecule has 0 saturated carbocycles. The Morgan fingerprint density at radius 1 is 1.50 bits per heavy atom. The summed E-state index contributed by atoms with van der Waals surface area (Å²) < 4.78 is 5.33. The van der Waals surface area contributed by atoms with Crippen LogP contribution in [0.2, 0.25) is 0 Å². The van der Waals surface area contributed by atoms with Crippen molar-refractivity contribution in [2.24, 2.45) is 0 Å². The number of hydrogen-bond donors (Lipinski definition) is 0. The van der Waals surface area contributed by atoms with Gasteiger partial charge in [0.05, 0.1) is 0 Å². The van der Waals surface area contributed by atoms with Crippen molar-refractivity contribution in [2.45, 2.75) is 39.2 Å². The molecule has 0 aliphatic heterocycles. The predicted molar refractivity (Wildman–Crippen MR) is 38.6 cm³/mol. The van der Waals surface area contributed by atoms with E-state index in [2.05, 4.69) is 13.8 Å². The molecule has 1 unspecified atom stereocenters. The van der Waals surface area contributed by atoms with E-state index in [4.69, 9.17) is 3.53 Å². The molecule has 0 bridgehead atoms. The van der Waals surface area contributed by atoms with Crippen molar-refractivity contribution < 1.29 is 3.53 Å². The van der Waals surface area contributed by atoms with Crippen molar-refractivity contribution in [3.63, 3.8) is 0 Å². The molecule has 0 aromatic carbocycles. The second kappa shape index (κ2) is 5.73. The standard InChI is InChI=1S/C6H13O.Ga.2H/c1-3-5-6(7)4-2;;;/h6H,3-5H2,1-2H3;;;/q-1;+1;;. The average Bonchev–Trinajstić information content (AvgIpc) is 1.83. The van der Waals surface area contributed by atoms with E-state index >= 15 is 0 Å². The van der Waals surface area contributed by atoms with Crippen LogP contribution in [0.1, 0.15) is 33.1 Å². The molecule has 0 fully saturated rings. The molecule has 0 N–H and O–H groups in total. The van der Waals surface area contributed by atoms with Gasteiger partial charge in [-0.25, -0.2) is 0 Å². The van der Waals surface area contributed by atoms with E-state index < -0.39 is 0 Å². The van der Waals surface area contributed by atoms with Gasteiger partial charge in [-0.2, -0.15) is 0 Å². The fourth-order valence-corrected chi connectivity index (χ4v) is 2.00. The maximum absolute atomic E-state index is 5.33. The van der Waals surface area contributed by atoms with Gasteiger partial charge in [-0.05, 0) is 0 Å². The summed E-state index contributed by atoms with van der Waals surface area (Å²) in [6.45, 7) is 4.39. The molecular formula is C6H15GaO. The monoisotopic (exact) mass is 172 g/mol. The predicted octanol–water partition coefficient (Wildman–Crippen LogP) is 1.13. The Morgan fingerprint density at radius 3 is 2.25 bits per heavy atom. The molecule has 1 atom stereocenters. The van der Waals surface area contributed by atoms with Gasteiger partial charge in [0.25, 0.3) is 0 Å². The van der Waals surface area contributed by atoms with E-state index in [1.165, 1.54) is 19.3 Å². The molecule has 0 spiro atoms. The first-order valence-corrected chi connectivity index (χ1v) is 5.09. The third-order valence-electron chi connectivity index (χ3n) is 1.40. The van der Waals surface area contributed by atoms with Gasteiger partial charge in [-0.1, -0.05) is 0 Å². The number of hydrogen-bond acceptors (Lipinski definition) is 1. The summed E-state index contributed by atoms with van der Waals surface area (Å²) >= 11 is 0.586. The topological polar surface area (TPSA) is 9.23 Å². The zero-order valence-electron chi connectivity index (χ0n) is 6.11. The molecule has 0 aliphatic carbocycles. The van der Waals surface area contributed by atoms with E-state index in [1.54, 1.807) is 0 Å². The molecule has 0 amide bonds. The van der Waals surface area contributed by atoms with Crippen molar-refractivity contribution in [2.75, 3.05) is 0 Å². The van der Waals surface area contributed by atoms with Gasteiger partial charge >= 0.3 is 61.7 Å². The van der Waals surface area contributed by atoms with Crippen molar-refractivity contribution in [3.8, 4) is 0 Å². The maximum atomic E-state index is 5.33. The fourth-order valence-electron chi connectivity index (χ4n) is 0.811. The molecule has 0 rings (SSSR count). The van der Waals surface area contributed by atoms with E-state index in [0.29, 0.717) is 25.1 Å². The van der Waals surface area contributed by atoms with Crippen LogP contribution in [-0.4, -0.2) is 25.1 Å². The van der Waals surface area contributed by atoms with E-state index in [0.717, 1.165) is 0 Å². The van der Waals surface area contributed by atoms with Crippen LogP contribution in [0.5, 0.6) is 0 Å². The number of rotatable bonds is 4. The van der Waals surface area contributed by atoms with Crippen LogP contribution in [0.25, 0.3) is 0 Å². The SMILES string of the molecule is CCCC(CC)[O][GaH2]. The summed E-state index contributed by atoms with van der Waals surface area (Å²) in [6.07, 6.45) is 4.28. The van der Waals surface area contributed by atoms with Gasteiger partial charge in [0.1, 0.15) is 0 Å². The van der Waals surface area contributed by atoms with E-state index in [-0.39, 0.29) is 0 Å². The first-order valence-electron chi connectivity index (χ1n) is 3.37. The summed E-state index contributed by atoms with van der Waals surface area (Å²) in [6, 6.07) is 0. The van der Waals surface area contributed by atoms with Crippen molar-refractivity contribution in [3.05, 3.63) is 0 Å². The molecular weight excluding hydrogens is 158 g/mol. The summed E-state index contributed by atoms with van der Waals surface area (Å²) in [5.74, 6) is 0. The Hall–Kier alpha value is 0.596. The van der Waals surface area contributed by atoms with Crippen LogP contribution >= 0.6 is 0 Å². The van der Waals surface area contributed by atoms with Crippen LogP contribution in [0.15, 0.2) is 0 Å². The van der Waals surface area contributed by atoms with E-state index in [1.807, 2.05) is 0 Å². The fraction of sp³-hybridized carbons (Fsp3) is 1.00. The molecule has 1 nitrogen and oxygen atoms in total. The summed E-state index contributed by atoms with van der Waals surface area (Å²) in [5.41, 5.74) is 0. The molecule has 2 heteroatoms. The van der Waals surface area contributed by atoms with Crippen LogP contribution in [0.3, 0.4) is 0 Å². The minimum atomic E-state index is 0.583. The Bertz CT molecular complexity index is 43.8. The van der Waals surface area contributed by atoms with E-state index in [9.17, 15) is 0 Å². The second-order valence-electron chi connectivity index (χ2n) is 2.05. The Labute approximate surface area is 62.1 Å². The van der Waals surface area contributed by atoms with Crippen LogP contribution < -0.4 is 0 Å². The quantitative estimate of drug-likeness (QED) is 0.579. The average molecular weight is 173 g/mol. The first-order chi connectivity index (χ1) is 3.85. The third kappa shape index (κ3) is 3.58. The van der Waals surface area contributed by atoms with Crippen LogP contribution in [0, 0.1) is 0 Å². The van der Waals surface area contributed by atoms with Crippen LogP contribution in [-0.2, 0) is 3.53 Å². The Kier molecular flexibility index (Phi) is 6.16. The zero-order chi connectivity index (χ0) is 6.41. The molecule has 0 aliphatic rings. The summed E-state index contributed by atoms with van der Waals surface area (Å²) in [5, 5.41) is 0.